The number of nitrogens with one attached hydrogen (secondary N) is 1. The first-order chi connectivity index (χ1) is 8.67. The maximum Gasteiger partial charge on any atom is 0.134 e. The second kappa shape index (κ2) is 5.50. The van der Waals surface area contributed by atoms with Crippen LogP contribution in [0.4, 0.5) is 4.39 Å². The number of ether oxygens (including phenoxy) is 1. The molecular weight excluding hydrogens is 249 g/mol. The summed E-state index contributed by atoms with van der Waals surface area (Å²) in [5, 5.41) is 5.21. The van der Waals surface area contributed by atoms with Gasteiger partial charge in [-0.05, 0) is 48.7 Å². The lowest BCUT2D eigenvalue weighted by Gasteiger charge is -2.19. The zero-order chi connectivity index (χ0) is 13.1. The second-order valence-electron chi connectivity index (χ2n) is 4.08. The average molecular weight is 265 g/mol. The van der Waals surface area contributed by atoms with Crippen molar-refractivity contribution in [2.45, 2.75) is 13.0 Å². The number of methoxy groups -OCH3 is 1. The van der Waals surface area contributed by atoms with Crippen molar-refractivity contribution in [3.05, 3.63) is 51.5 Å². The van der Waals surface area contributed by atoms with Crippen LogP contribution in [0.1, 0.15) is 22.0 Å². The van der Waals surface area contributed by atoms with E-state index in [-0.39, 0.29) is 11.9 Å². The molecule has 1 heterocycles. The van der Waals surface area contributed by atoms with E-state index in [1.807, 2.05) is 25.4 Å². The number of benzene rings is 1. The number of rotatable bonds is 4. The normalized spacial score (nSPS) is 12.4. The molecule has 4 heteroatoms. The highest BCUT2D eigenvalue weighted by Gasteiger charge is 2.20. The Labute approximate surface area is 110 Å². The largest absolute Gasteiger partial charge is 0.496 e. The van der Waals surface area contributed by atoms with Crippen LogP contribution in [0.3, 0.4) is 0 Å². The predicted octanol–water partition coefficient (Wildman–Crippen LogP) is 3.51. The molecular formula is C14H16FNOS. The minimum atomic E-state index is -0.216. The maximum absolute atomic E-state index is 13.4. The zero-order valence-corrected chi connectivity index (χ0v) is 11.5. The molecule has 1 unspecified atom stereocenters. The van der Waals surface area contributed by atoms with Crippen molar-refractivity contribution in [3.8, 4) is 5.75 Å². The van der Waals surface area contributed by atoms with Gasteiger partial charge in [0.05, 0.1) is 18.0 Å². The van der Waals surface area contributed by atoms with Gasteiger partial charge >= 0.3 is 0 Å². The van der Waals surface area contributed by atoms with Crippen LogP contribution in [0.25, 0.3) is 0 Å². The summed E-state index contributed by atoms with van der Waals surface area (Å²) < 4.78 is 18.7. The number of hydrogen-bond acceptors (Lipinski definition) is 3. The van der Waals surface area contributed by atoms with Gasteiger partial charge in [0.15, 0.2) is 0 Å². The summed E-state index contributed by atoms with van der Waals surface area (Å²) in [6.07, 6.45) is 0. The Kier molecular flexibility index (Phi) is 3.99. The summed E-state index contributed by atoms with van der Waals surface area (Å²) in [6, 6.07) is 6.75. The SMILES string of the molecule is CNC(c1cc(F)ccc1C)c1sccc1OC. The van der Waals surface area contributed by atoms with Crippen molar-refractivity contribution in [1.82, 2.24) is 5.32 Å². The van der Waals surface area contributed by atoms with E-state index in [4.69, 9.17) is 4.74 Å². The summed E-state index contributed by atoms with van der Waals surface area (Å²) in [5.41, 5.74) is 2.00. The molecule has 0 saturated carbocycles. The van der Waals surface area contributed by atoms with Gasteiger partial charge in [-0.15, -0.1) is 11.3 Å². The molecule has 2 rings (SSSR count). The lowest BCUT2D eigenvalue weighted by molar-refractivity contribution is 0.408. The third kappa shape index (κ3) is 2.40. The summed E-state index contributed by atoms with van der Waals surface area (Å²) in [6.45, 7) is 1.99. The molecule has 0 aliphatic rings. The van der Waals surface area contributed by atoms with E-state index < -0.39 is 0 Å². The fourth-order valence-corrected chi connectivity index (χ4v) is 3.03. The molecule has 1 aromatic carbocycles. The second-order valence-corrected chi connectivity index (χ2v) is 5.02. The van der Waals surface area contributed by atoms with E-state index in [0.717, 1.165) is 21.8 Å². The first kappa shape index (κ1) is 13.1. The minimum absolute atomic E-state index is 0.0457. The van der Waals surface area contributed by atoms with Crippen LogP contribution in [0.15, 0.2) is 29.6 Å². The Balaban J connectivity index is 2.48. The smallest absolute Gasteiger partial charge is 0.134 e. The van der Waals surface area contributed by atoms with Crippen molar-refractivity contribution in [3.63, 3.8) is 0 Å². The molecule has 0 fully saturated rings. The highest BCUT2D eigenvalue weighted by Crippen LogP contribution is 2.35. The lowest BCUT2D eigenvalue weighted by atomic mass is 9.99. The Morgan fingerprint density at radius 2 is 2.11 bits per heavy atom. The molecule has 1 aromatic heterocycles. The lowest BCUT2D eigenvalue weighted by Crippen LogP contribution is -2.18. The minimum Gasteiger partial charge on any atom is -0.496 e. The molecule has 0 radical (unpaired) electrons. The van der Waals surface area contributed by atoms with Crippen molar-refractivity contribution in [1.29, 1.82) is 0 Å². The highest BCUT2D eigenvalue weighted by atomic mass is 32.1. The van der Waals surface area contributed by atoms with Crippen molar-refractivity contribution >= 4 is 11.3 Å². The van der Waals surface area contributed by atoms with Crippen LogP contribution < -0.4 is 10.1 Å². The standard InChI is InChI=1S/C14H16FNOS/c1-9-4-5-10(15)8-11(9)13(16-2)14-12(17-3)6-7-18-14/h4-8,13,16H,1-3H3. The van der Waals surface area contributed by atoms with Gasteiger partial charge in [0.1, 0.15) is 11.6 Å². The Morgan fingerprint density at radius 1 is 1.33 bits per heavy atom. The fraction of sp³-hybridized carbons (Fsp3) is 0.286. The van der Waals surface area contributed by atoms with E-state index in [2.05, 4.69) is 5.32 Å². The van der Waals surface area contributed by atoms with Gasteiger partial charge in [-0.2, -0.15) is 0 Å². The van der Waals surface area contributed by atoms with Gasteiger partial charge in [0.25, 0.3) is 0 Å². The van der Waals surface area contributed by atoms with E-state index in [9.17, 15) is 4.39 Å². The molecule has 0 aliphatic heterocycles. The molecule has 18 heavy (non-hydrogen) atoms. The number of thiophene rings is 1. The van der Waals surface area contributed by atoms with Crippen molar-refractivity contribution in [2.75, 3.05) is 14.2 Å². The van der Waals surface area contributed by atoms with E-state index in [1.165, 1.54) is 6.07 Å². The number of aryl methyl sites for hydroxylation is 1. The number of hydrogen-bond donors (Lipinski definition) is 1. The molecule has 0 aliphatic carbocycles. The Morgan fingerprint density at radius 3 is 2.78 bits per heavy atom. The van der Waals surface area contributed by atoms with Gasteiger partial charge in [-0.1, -0.05) is 6.07 Å². The van der Waals surface area contributed by atoms with E-state index in [1.54, 1.807) is 30.6 Å². The van der Waals surface area contributed by atoms with Crippen molar-refractivity contribution < 1.29 is 9.13 Å². The first-order valence-electron chi connectivity index (χ1n) is 5.72. The molecule has 0 spiro atoms. The number of halogens is 1. The van der Waals surface area contributed by atoms with Gasteiger partial charge in [0.2, 0.25) is 0 Å². The average Bonchev–Trinajstić information content (AvgIpc) is 2.83. The zero-order valence-electron chi connectivity index (χ0n) is 10.7. The fourth-order valence-electron chi connectivity index (χ4n) is 2.04. The molecule has 0 saturated heterocycles. The van der Waals surface area contributed by atoms with Crippen LogP contribution in [-0.4, -0.2) is 14.2 Å². The first-order valence-corrected chi connectivity index (χ1v) is 6.60. The summed E-state index contributed by atoms with van der Waals surface area (Å²) >= 11 is 1.61. The van der Waals surface area contributed by atoms with Crippen LogP contribution in [0.5, 0.6) is 5.75 Å². The summed E-state index contributed by atoms with van der Waals surface area (Å²) in [7, 11) is 3.52. The molecule has 1 N–H and O–H groups in total. The van der Waals surface area contributed by atoms with Gasteiger partial charge in [-0.25, -0.2) is 4.39 Å². The molecule has 0 amide bonds. The van der Waals surface area contributed by atoms with E-state index in [0.29, 0.717) is 0 Å². The summed E-state index contributed by atoms with van der Waals surface area (Å²) in [4.78, 5) is 1.06. The van der Waals surface area contributed by atoms with Crippen LogP contribution in [0.2, 0.25) is 0 Å². The third-order valence-electron chi connectivity index (χ3n) is 2.98. The van der Waals surface area contributed by atoms with Gasteiger partial charge in [0, 0.05) is 0 Å². The van der Waals surface area contributed by atoms with E-state index >= 15 is 0 Å². The summed E-state index contributed by atoms with van der Waals surface area (Å²) in [5.74, 6) is 0.620. The van der Waals surface area contributed by atoms with Gasteiger partial charge < -0.3 is 10.1 Å². The van der Waals surface area contributed by atoms with Crippen molar-refractivity contribution in [2.24, 2.45) is 0 Å². The van der Waals surface area contributed by atoms with Crippen LogP contribution in [0, 0.1) is 12.7 Å². The molecule has 0 bridgehead atoms. The van der Waals surface area contributed by atoms with Crippen LogP contribution >= 0.6 is 11.3 Å². The topological polar surface area (TPSA) is 21.3 Å². The molecule has 2 nitrogen and oxygen atoms in total. The predicted molar refractivity (Wildman–Crippen MR) is 72.9 cm³/mol. The molecule has 2 aromatic rings. The molecule has 1 atom stereocenters. The maximum atomic E-state index is 13.4. The molecule has 96 valence electrons. The highest BCUT2D eigenvalue weighted by molar-refractivity contribution is 7.10. The third-order valence-corrected chi connectivity index (χ3v) is 3.94. The Hall–Kier alpha value is -1.39. The van der Waals surface area contributed by atoms with Crippen LogP contribution in [-0.2, 0) is 0 Å². The quantitative estimate of drug-likeness (QED) is 0.913. The monoisotopic (exact) mass is 265 g/mol. The Bertz CT molecular complexity index is 538. The van der Waals surface area contributed by atoms with Gasteiger partial charge in [-0.3, -0.25) is 0 Å².